The van der Waals surface area contributed by atoms with Gasteiger partial charge in [-0.3, -0.25) is 0 Å². The Morgan fingerprint density at radius 2 is 1.82 bits per heavy atom. The smallest absolute Gasteiger partial charge is 0.165 e. The summed E-state index contributed by atoms with van der Waals surface area (Å²) in [6, 6.07) is 12.2. The van der Waals surface area contributed by atoms with E-state index in [4.69, 9.17) is 0 Å². The summed E-state index contributed by atoms with van der Waals surface area (Å²) in [7, 11) is 0. The van der Waals surface area contributed by atoms with Gasteiger partial charge in [0.15, 0.2) is 5.65 Å². The topological polar surface area (TPSA) is 53.7 Å². The lowest BCUT2D eigenvalue weighted by Crippen LogP contribution is -2.36. The zero-order chi connectivity index (χ0) is 14.9. The van der Waals surface area contributed by atoms with Crippen molar-refractivity contribution in [2.45, 2.75) is 18.9 Å². The molecule has 0 spiro atoms. The maximum atomic E-state index is 9.68. The van der Waals surface area contributed by atoms with Gasteiger partial charge in [-0.05, 0) is 24.5 Å². The molecule has 1 aliphatic rings. The maximum absolute atomic E-state index is 9.68. The van der Waals surface area contributed by atoms with Gasteiger partial charge in [0, 0.05) is 24.8 Å². The number of rotatable bonds is 2. The molecular weight excluding hydrogens is 276 g/mol. The molecule has 3 heterocycles. The van der Waals surface area contributed by atoms with Gasteiger partial charge in [0.25, 0.3) is 0 Å². The second-order valence-electron chi connectivity index (χ2n) is 5.68. The number of hydrogen-bond donors (Lipinski definition) is 1. The van der Waals surface area contributed by atoms with E-state index in [0.717, 1.165) is 48.5 Å². The molecule has 0 amide bonds. The Bertz CT molecular complexity index is 776. The molecule has 0 saturated carbocycles. The van der Waals surface area contributed by atoms with E-state index >= 15 is 0 Å². The highest BCUT2D eigenvalue weighted by Crippen LogP contribution is 2.27. The Kier molecular flexibility index (Phi) is 3.27. The standard InChI is InChI=1S/C17H18N4O/c22-14-7-10-20(11-8-14)16-6-9-18-17-15(12-19-21(16)17)13-4-2-1-3-5-13/h1-6,9,12,14,22H,7-8,10-11H2. The summed E-state index contributed by atoms with van der Waals surface area (Å²) < 4.78 is 1.90. The van der Waals surface area contributed by atoms with Crippen molar-refractivity contribution in [3.63, 3.8) is 0 Å². The molecule has 0 unspecified atom stereocenters. The van der Waals surface area contributed by atoms with E-state index in [-0.39, 0.29) is 6.10 Å². The van der Waals surface area contributed by atoms with Crippen molar-refractivity contribution in [1.29, 1.82) is 0 Å². The number of aliphatic hydroxyl groups is 1. The average molecular weight is 294 g/mol. The van der Waals surface area contributed by atoms with Crippen LogP contribution in [0.15, 0.2) is 48.8 Å². The summed E-state index contributed by atoms with van der Waals surface area (Å²) in [5.74, 6) is 1.04. The number of nitrogens with zero attached hydrogens (tertiary/aromatic N) is 4. The molecule has 3 aromatic rings. The van der Waals surface area contributed by atoms with Crippen molar-refractivity contribution in [2.24, 2.45) is 0 Å². The first-order valence-electron chi connectivity index (χ1n) is 7.64. The number of benzene rings is 1. The molecule has 4 rings (SSSR count). The van der Waals surface area contributed by atoms with E-state index in [1.165, 1.54) is 0 Å². The molecule has 5 nitrogen and oxygen atoms in total. The minimum atomic E-state index is -0.175. The normalized spacial score (nSPS) is 16.3. The molecule has 0 atom stereocenters. The third-order valence-electron chi connectivity index (χ3n) is 4.25. The molecule has 1 fully saturated rings. The van der Waals surface area contributed by atoms with Crippen LogP contribution < -0.4 is 4.90 Å². The molecule has 1 N–H and O–H groups in total. The minimum absolute atomic E-state index is 0.175. The molecule has 0 aliphatic carbocycles. The quantitative estimate of drug-likeness (QED) is 0.788. The van der Waals surface area contributed by atoms with Gasteiger partial charge in [0.1, 0.15) is 5.82 Å². The Labute approximate surface area is 128 Å². The number of fused-ring (bicyclic) bond motifs is 1. The monoisotopic (exact) mass is 294 g/mol. The van der Waals surface area contributed by atoms with Gasteiger partial charge in [-0.25, -0.2) is 4.98 Å². The van der Waals surface area contributed by atoms with Gasteiger partial charge in [-0.2, -0.15) is 9.61 Å². The predicted molar refractivity (Wildman–Crippen MR) is 85.9 cm³/mol. The van der Waals surface area contributed by atoms with Crippen LogP contribution in [-0.4, -0.2) is 38.9 Å². The van der Waals surface area contributed by atoms with Crippen molar-refractivity contribution in [3.8, 4) is 11.1 Å². The SMILES string of the molecule is OC1CCN(c2ccnc3c(-c4ccccc4)cnn23)CC1. The van der Waals surface area contributed by atoms with Crippen LogP contribution in [0.4, 0.5) is 5.82 Å². The van der Waals surface area contributed by atoms with Gasteiger partial charge >= 0.3 is 0 Å². The lowest BCUT2D eigenvalue weighted by Gasteiger charge is -2.31. The summed E-state index contributed by atoms with van der Waals surface area (Å²) in [4.78, 5) is 6.78. The first-order valence-corrected chi connectivity index (χ1v) is 7.64. The van der Waals surface area contributed by atoms with Crippen LogP contribution in [0.2, 0.25) is 0 Å². The summed E-state index contributed by atoms with van der Waals surface area (Å²) >= 11 is 0. The summed E-state index contributed by atoms with van der Waals surface area (Å²) in [5.41, 5.74) is 3.03. The van der Waals surface area contributed by atoms with Gasteiger partial charge in [-0.1, -0.05) is 30.3 Å². The highest BCUT2D eigenvalue weighted by Gasteiger charge is 2.20. The van der Waals surface area contributed by atoms with Crippen LogP contribution in [0.5, 0.6) is 0 Å². The Balaban J connectivity index is 1.77. The summed E-state index contributed by atoms with van der Waals surface area (Å²) in [6.07, 6.45) is 5.14. The molecule has 0 radical (unpaired) electrons. The largest absolute Gasteiger partial charge is 0.393 e. The first kappa shape index (κ1) is 13.3. The third kappa shape index (κ3) is 2.23. The fourth-order valence-electron chi connectivity index (χ4n) is 3.03. The Morgan fingerprint density at radius 3 is 2.59 bits per heavy atom. The van der Waals surface area contributed by atoms with Gasteiger partial charge in [-0.15, -0.1) is 0 Å². The molecule has 22 heavy (non-hydrogen) atoms. The lowest BCUT2D eigenvalue weighted by atomic mass is 10.1. The number of aromatic nitrogens is 3. The zero-order valence-electron chi connectivity index (χ0n) is 12.3. The van der Waals surface area contributed by atoms with E-state index in [0.29, 0.717) is 0 Å². The fourth-order valence-corrected chi connectivity index (χ4v) is 3.03. The lowest BCUT2D eigenvalue weighted by molar-refractivity contribution is 0.145. The van der Waals surface area contributed by atoms with Crippen molar-refractivity contribution >= 4 is 11.5 Å². The summed E-state index contributed by atoms with van der Waals surface area (Å²) in [5, 5.41) is 14.2. The second-order valence-corrected chi connectivity index (χ2v) is 5.68. The van der Waals surface area contributed by atoms with E-state index < -0.39 is 0 Å². The second kappa shape index (κ2) is 5.42. The van der Waals surface area contributed by atoms with Crippen LogP contribution in [0.1, 0.15) is 12.8 Å². The fraction of sp³-hybridized carbons (Fsp3) is 0.294. The van der Waals surface area contributed by atoms with Gasteiger partial charge in [0.2, 0.25) is 0 Å². The van der Waals surface area contributed by atoms with Crippen LogP contribution in [0.3, 0.4) is 0 Å². The molecular formula is C17H18N4O. The van der Waals surface area contributed by atoms with Gasteiger partial charge < -0.3 is 10.0 Å². The number of piperidine rings is 1. The number of aliphatic hydroxyl groups excluding tert-OH is 1. The number of hydrogen-bond acceptors (Lipinski definition) is 4. The van der Waals surface area contributed by atoms with E-state index in [1.54, 1.807) is 0 Å². The highest BCUT2D eigenvalue weighted by molar-refractivity contribution is 5.77. The van der Waals surface area contributed by atoms with E-state index in [2.05, 4.69) is 27.1 Å². The molecule has 5 heteroatoms. The van der Waals surface area contributed by atoms with Crippen molar-refractivity contribution in [3.05, 3.63) is 48.8 Å². The molecule has 112 valence electrons. The van der Waals surface area contributed by atoms with Crippen molar-refractivity contribution in [1.82, 2.24) is 14.6 Å². The number of anilines is 1. The summed E-state index contributed by atoms with van der Waals surface area (Å²) in [6.45, 7) is 1.70. The first-order chi connectivity index (χ1) is 10.8. The van der Waals surface area contributed by atoms with Crippen LogP contribution >= 0.6 is 0 Å². The Hall–Kier alpha value is -2.40. The van der Waals surface area contributed by atoms with Crippen molar-refractivity contribution < 1.29 is 5.11 Å². The molecule has 0 bridgehead atoms. The molecule has 2 aromatic heterocycles. The predicted octanol–water partition coefficient (Wildman–Crippen LogP) is 2.36. The minimum Gasteiger partial charge on any atom is -0.393 e. The van der Waals surface area contributed by atoms with Crippen LogP contribution in [-0.2, 0) is 0 Å². The van der Waals surface area contributed by atoms with E-state index in [9.17, 15) is 5.11 Å². The Morgan fingerprint density at radius 1 is 1.05 bits per heavy atom. The van der Waals surface area contributed by atoms with Crippen LogP contribution in [0.25, 0.3) is 16.8 Å². The third-order valence-corrected chi connectivity index (χ3v) is 4.25. The van der Waals surface area contributed by atoms with Gasteiger partial charge in [0.05, 0.1) is 12.3 Å². The highest BCUT2D eigenvalue weighted by atomic mass is 16.3. The molecule has 1 aromatic carbocycles. The molecule has 1 saturated heterocycles. The van der Waals surface area contributed by atoms with Crippen LogP contribution in [0, 0.1) is 0 Å². The average Bonchev–Trinajstić information content (AvgIpc) is 3.00. The van der Waals surface area contributed by atoms with E-state index in [1.807, 2.05) is 41.2 Å². The van der Waals surface area contributed by atoms with Crippen molar-refractivity contribution in [2.75, 3.05) is 18.0 Å². The zero-order valence-corrected chi connectivity index (χ0v) is 12.3. The molecule has 1 aliphatic heterocycles. The maximum Gasteiger partial charge on any atom is 0.165 e.